The van der Waals surface area contributed by atoms with Gasteiger partial charge in [0.1, 0.15) is 0 Å². The molecule has 114 valence electrons. The Balaban J connectivity index is 1.98. The maximum absolute atomic E-state index is 12.2. The van der Waals surface area contributed by atoms with Gasteiger partial charge in [0.15, 0.2) is 0 Å². The van der Waals surface area contributed by atoms with Crippen molar-refractivity contribution in [2.24, 2.45) is 11.7 Å². The number of hydrogen-bond acceptors (Lipinski definition) is 3. The first-order valence-electron chi connectivity index (χ1n) is 7.45. The second-order valence-electron chi connectivity index (χ2n) is 5.84. The Hall–Kier alpha value is -1.88. The van der Waals surface area contributed by atoms with E-state index in [0.717, 1.165) is 25.9 Å². The molecule has 5 heteroatoms. The highest BCUT2D eigenvalue weighted by Crippen LogP contribution is 2.15. The third-order valence-corrected chi connectivity index (χ3v) is 3.81. The maximum atomic E-state index is 12.2. The molecule has 1 fully saturated rings. The Morgan fingerprint density at radius 3 is 2.24 bits per heavy atom. The highest BCUT2D eigenvalue weighted by atomic mass is 16.2. The number of nitrogens with one attached hydrogen (secondary N) is 1. The molecule has 1 saturated heterocycles. The largest absolute Gasteiger partial charge is 0.339 e. The summed E-state index contributed by atoms with van der Waals surface area (Å²) in [5.41, 5.74) is 7.11. The van der Waals surface area contributed by atoms with Crippen molar-refractivity contribution in [1.82, 2.24) is 4.90 Å². The lowest BCUT2D eigenvalue weighted by molar-refractivity contribution is -0.118. The average Bonchev–Trinajstić information content (AvgIpc) is 3.00. The minimum Gasteiger partial charge on any atom is -0.339 e. The first-order valence-corrected chi connectivity index (χ1v) is 7.45. The molecule has 0 saturated carbocycles. The van der Waals surface area contributed by atoms with Crippen LogP contribution in [-0.2, 0) is 4.79 Å². The molecule has 1 aromatic carbocycles. The molecule has 0 spiro atoms. The Morgan fingerprint density at radius 1 is 1.14 bits per heavy atom. The van der Waals surface area contributed by atoms with Crippen LogP contribution in [0.25, 0.3) is 0 Å². The Kier molecular flexibility index (Phi) is 4.96. The van der Waals surface area contributed by atoms with Gasteiger partial charge in [-0.05, 0) is 43.0 Å². The van der Waals surface area contributed by atoms with Crippen LogP contribution < -0.4 is 11.1 Å². The van der Waals surface area contributed by atoms with Gasteiger partial charge in [-0.15, -0.1) is 0 Å². The van der Waals surface area contributed by atoms with Crippen molar-refractivity contribution in [2.75, 3.05) is 18.4 Å². The third kappa shape index (κ3) is 3.82. The Labute approximate surface area is 125 Å². The Morgan fingerprint density at radius 2 is 1.71 bits per heavy atom. The number of anilines is 1. The quantitative estimate of drug-likeness (QED) is 0.888. The van der Waals surface area contributed by atoms with Crippen LogP contribution in [0.4, 0.5) is 5.69 Å². The van der Waals surface area contributed by atoms with E-state index in [2.05, 4.69) is 5.32 Å². The smallest absolute Gasteiger partial charge is 0.253 e. The SMILES string of the molecule is CC(C)[C@H](N)C(=O)Nc1ccc(C(=O)N2CCCC2)cc1. The Bertz CT molecular complexity index is 505. The van der Waals surface area contributed by atoms with E-state index in [-0.39, 0.29) is 17.7 Å². The van der Waals surface area contributed by atoms with Gasteiger partial charge in [-0.25, -0.2) is 0 Å². The van der Waals surface area contributed by atoms with Crippen molar-refractivity contribution in [1.29, 1.82) is 0 Å². The molecule has 1 aliphatic rings. The standard InChI is InChI=1S/C16H23N3O2/c1-11(2)14(17)15(20)18-13-7-5-12(6-8-13)16(21)19-9-3-4-10-19/h5-8,11,14H,3-4,9-10,17H2,1-2H3,(H,18,20)/t14-/m0/s1. The fourth-order valence-electron chi connectivity index (χ4n) is 2.33. The monoisotopic (exact) mass is 289 g/mol. The van der Waals surface area contributed by atoms with Crippen LogP contribution >= 0.6 is 0 Å². The summed E-state index contributed by atoms with van der Waals surface area (Å²) in [4.78, 5) is 25.9. The van der Waals surface area contributed by atoms with Gasteiger partial charge in [0.05, 0.1) is 6.04 Å². The fraction of sp³-hybridized carbons (Fsp3) is 0.500. The summed E-state index contributed by atoms with van der Waals surface area (Å²) in [6.07, 6.45) is 2.15. The molecule has 21 heavy (non-hydrogen) atoms. The number of likely N-dealkylation sites (tertiary alicyclic amines) is 1. The van der Waals surface area contributed by atoms with Gasteiger partial charge in [-0.2, -0.15) is 0 Å². The van der Waals surface area contributed by atoms with E-state index in [1.54, 1.807) is 24.3 Å². The summed E-state index contributed by atoms with van der Waals surface area (Å²) in [6, 6.07) is 6.45. The van der Waals surface area contributed by atoms with Crippen molar-refractivity contribution < 1.29 is 9.59 Å². The van der Waals surface area contributed by atoms with Crippen LogP contribution in [0.1, 0.15) is 37.0 Å². The zero-order chi connectivity index (χ0) is 15.4. The highest BCUT2D eigenvalue weighted by molar-refractivity contribution is 5.97. The van der Waals surface area contributed by atoms with E-state index in [9.17, 15) is 9.59 Å². The molecular weight excluding hydrogens is 266 g/mol. The summed E-state index contributed by atoms with van der Waals surface area (Å²) in [6.45, 7) is 5.48. The molecule has 0 aliphatic carbocycles. The summed E-state index contributed by atoms with van der Waals surface area (Å²) in [5.74, 6) is -0.0612. The number of rotatable bonds is 4. The van der Waals surface area contributed by atoms with Crippen LogP contribution in [0.3, 0.4) is 0 Å². The van der Waals surface area contributed by atoms with Gasteiger partial charge in [-0.1, -0.05) is 13.8 Å². The fourth-order valence-corrected chi connectivity index (χ4v) is 2.33. The van der Waals surface area contributed by atoms with E-state index in [0.29, 0.717) is 11.3 Å². The van der Waals surface area contributed by atoms with Gasteiger partial charge < -0.3 is 16.0 Å². The predicted molar refractivity (Wildman–Crippen MR) is 83.0 cm³/mol. The minimum atomic E-state index is -0.532. The van der Waals surface area contributed by atoms with E-state index in [1.165, 1.54) is 0 Å². The molecule has 0 unspecified atom stereocenters. The highest BCUT2D eigenvalue weighted by Gasteiger charge is 2.20. The van der Waals surface area contributed by atoms with Crippen LogP contribution in [0.2, 0.25) is 0 Å². The summed E-state index contributed by atoms with van der Waals surface area (Å²) >= 11 is 0. The van der Waals surface area contributed by atoms with Crippen molar-refractivity contribution in [2.45, 2.75) is 32.7 Å². The summed E-state index contributed by atoms with van der Waals surface area (Å²) in [7, 11) is 0. The zero-order valence-electron chi connectivity index (χ0n) is 12.6. The van der Waals surface area contributed by atoms with Crippen LogP contribution in [0.15, 0.2) is 24.3 Å². The number of hydrogen-bond donors (Lipinski definition) is 2. The van der Waals surface area contributed by atoms with E-state index in [1.807, 2.05) is 18.7 Å². The van der Waals surface area contributed by atoms with E-state index < -0.39 is 6.04 Å². The van der Waals surface area contributed by atoms with Gasteiger partial charge >= 0.3 is 0 Å². The lowest BCUT2D eigenvalue weighted by atomic mass is 10.0. The average molecular weight is 289 g/mol. The second-order valence-corrected chi connectivity index (χ2v) is 5.84. The van der Waals surface area contributed by atoms with E-state index >= 15 is 0 Å². The van der Waals surface area contributed by atoms with Crippen LogP contribution in [-0.4, -0.2) is 35.8 Å². The summed E-state index contributed by atoms with van der Waals surface area (Å²) in [5, 5.41) is 2.77. The molecule has 3 N–H and O–H groups in total. The number of nitrogens with two attached hydrogens (primary N) is 1. The normalized spacial score (nSPS) is 16.1. The van der Waals surface area contributed by atoms with Crippen LogP contribution in [0, 0.1) is 5.92 Å². The van der Waals surface area contributed by atoms with Crippen molar-refractivity contribution in [3.05, 3.63) is 29.8 Å². The molecule has 0 radical (unpaired) electrons. The summed E-state index contributed by atoms with van der Waals surface area (Å²) < 4.78 is 0. The maximum Gasteiger partial charge on any atom is 0.253 e. The third-order valence-electron chi connectivity index (χ3n) is 3.81. The number of carbonyl (C=O) groups excluding carboxylic acids is 2. The number of amides is 2. The molecule has 1 aromatic rings. The number of benzene rings is 1. The second kappa shape index (κ2) is 6.72. The van der Waals surface area contributed by atoms with Gasteiger partial charge in [0, 0.05) is 24.3 Å². The topological polar surface area (TPSA) is 75.4 Å². The van der Waals surface area contributed by atoms with Gasteiger partial charge in [0.25, 0.3) is 5.91 Å². The molecule has 2 amide bonds. The zero-order valence-corrected chi connectivity index (χ0v) is 12.6. The predicted octanol–water partition coefficient (Wildman–Crippen LogP) is 1.84. The molecule has 0 bridgehead atoms. The molecular formula is C16H23N3O2. The molecule has 0 aromatic heterocycles. The molecule has 1 aliphatic heterocycles. The molecule has 5 nitrogen and oxygen atoms in total. The van der Waals surface area contributed by atoms with Crippen LogP contribution in [0.5, 0.6) is 0 Å². The number of nitrogens with zero attached hydrogens (tertiary/aromatic N) is 1. The first kappa shape index (κ1) is 15.5. The molecule has 1 heterocycles. The molecule has 2 rings (SSSR count). The first-order chi connectivity index (χ1) is 9.99. The molecule has 1 atom stereocenters. The van der Waals surface area contributed by atoms with Crippen molar-refractivity contribution >= 4 is 17.5 Å². The van der Waals surface area contributed by atoms with Crippen molar-refractivity contribution in [3.8, 4) is 0 Å². The lowest BCUT2D eigenvalue weighted by Gasteiger charge is -2.17. The van der Waals surface area contributed by atoms with E-state index in [4.69, 9.17) is 5.73 Å². The van der Waals surface area contributed by atoms with Gasteiger partial charge in [-0.3, -0.25) is 9.59 Å². The minimum absolute atomic E-state index is 0.0595. The lowest BCUT2D eigenvalue weighted by Crippen LogP contribution is -2.39. The van der Waals surface area contributed by atoms with Gasteiger partial charge in [0.2, 0.25) is 5.91 Å². The number of carbonyl (C=O) groups is 2. The van der Waals surface area contributed by atoms with Crippen molar-refractivity contribution in [3.63, 3.8) is 0 Å².